The van der Waals surface area contributed by atoms with Crippen LogP contribution in [0.3, 0.4) is 0 Å². The molecule has 1 aromatic carbocycles. The van der Waals surface area contributed by atoms with E-state index in [1.165, 1.54) is 37.7 Å². The number of likely N-dealkylation sites (N-methyl/N-ethyl adjacent to an activating group) is 1. The zero-order valence-electron chi connectivity index (χ0n) is 16.0. The van der Waals surface area contributed by atoms with Gasteiger partial charge in [0.25, 0.3) is 0 Å². The predicted molar refractivity (Wildman–Crippen MR) is 113 cm³/mol. The normalized spacial score (nSPS) is 28.6. The number of halogens is 2. The Morgan fingerprint density at radius 1 is 1.07 bits per heavy atom. The van der Waals surface area contributed by atoms with E-state index in [2.05, 4.69) is 22.3 Å². The summed E-state index contributed by atoms with van der Waals surface area (Å²) in [4.78, 5) is 2.16. The fourth-order valence-electron chi connectivity index (χ4n) is 4.26. The molecule has 0 spiro atoms. The van der Waals surface area contributed by atoms with E-state index in [1.807, 2.05) is 25.2 Å². The maximum absolute atomic E-state index is 10.7. The molecule has 3 rings (SSSR count). The Kier molecular flexibility index (Phi) is 11.2. The van der Waals surface area contributed by atoms with Crippen LogP contribution in [-0.4, -0.2) is 65.7 Å². The molecule has 1 saturated carbocycles. The minimum atomic E-state index is -0.670. The van der Waals surface area contributed by atoms with E-state index >= 15 is 0 Å². The van der Waals surface area contributed by atoms with Crippen LogP contribution < -0.4 is 5.32 Å². The van der Waals surface area contributed by atoms with Crippen molar-refractivity contribution in [3.8, 4) is 0 Å². The van der Waals surface area contributed by atoms with Crippen LogP contribution in [0, 0.1) is 0 Å². The second-order valence-electron chi connectivity index (χ2n) is 7.52. The van der Waals surface area contributed by atoms with Gasteiger partial charge in [-0.05, 0) is 25.5 Å². The van der Waals surface area contributed by atoms with Gasteiger partial charge >= 0.3 is 0 Å². The van der Waals surface area contributed by atoms with Crippen LogP contribution in [-0.2, 0) is 11.3 Å². The second kappa shape index (κ2) is 12.2. The van der Waals surface area contributed by atoms with Crippen LogP contribution in [0.25, 0.3) is 0 Å². The van der Waals surface area contributed by atoms with E-state index in [4.69, 9.17) is 4.74 Å². The Morgan fingerprint density at radius 3 is 2.37 bits per heavy atom. The van der Waals surface area contributed by atoms with E-state index in [1.54, 1.807) is 0 Å². The number of hydrogen-bond acceptors (Lipinski definition) is 5. The van der Waals surface area contributed by atoms with Crippen LogP contribution in [0.15, 0.2) is 30.3 Å². The van der Waals surface area contributed by atoms with Crippen molar-refractivity contribution in [3.05, 3.63) is 35.9 Å². The molecule has 7 heteroatoms. The molecule has 1 aliphatic heterocycles. The van der Waals surface area contributed by atoms with E-state index < -0.39 is 12.2 Å². The molecule has 0 aromatic heterocycles. The zero-order valence-corrected chi connectivity index (χ0v) is 17.6. The third-order valence-electron chi connectivity index (χ3n) is 5.64. The average Bonchev–Trinajstić information content (AvgIpc) is 2.97. The molecule has 3 N–H and O–H groups in total. The lowest BCUT2D eigenvalue weighted by molar-refractivity contribution is -0.0220. The number of aliphatic hydroxyl groups excluding tert-OH is 2. The molecule has 27 heavy (non-hydrogen) atoms. The first-order valence-electron chi connectivity index (χ1n) is 9.61. The summed E-state index contributed by atoms with van der Waals surface area (Å²) in [5, 5.41) is 23.8. The summed E-state index contributed by atoms with van der Waals surface area (Å²) in [5.41, 5.74) is 1.21. The molecule has 0 bridgehead atoms. The van der Waals surface area contributed by atoms with Gasteiger partial charge in [-0.2, -0.15) is 0 Å². The largest absolute Gasteiger partial charge is 0.394 e. The van der Waals surface area contributed by atoms with Gasteiger partial charge in [0.05, 0.1) is 18.8 Å². The van der Waals surface area contributed by atoms with Crippen LogP contribution >= 0.6 is 24.8 Å². The van der Waals surface area contributed by atoms with Crippen LogP contribution in [0.2, 0.25) is 0 Å². The lowest BCUT2D eigenvalue weighted by Crippen LogP contribution is -2.50. The molecule has 1 aromatic rings. The van der Waals surface area contributed by atoms with E-state index in [9.17, 15) is 10.2 Å². The van der Waals surface area contributed by atoms with Crippen LogP contribution in [0.1, 0.15) is 37.7 Å². The van der Waals surface area contributed by atoms with Gasteiger partial charge in [-0.15, -0.1) is 24.8 Å². The van der Waals surface area contributed by atoms with Crippen molar-refractivity contribution in [2.24, 2.45) is 0 Å². The van der Waals surface area contributed by atoms with Gasteiger partial charge in [0.2, 0.25) is 0 Å². The second-order valence-corrected chi connectivity index (χ2v) is 7.52. The summed E-state index contributed by atoms with van der Waals surface area (Å²) in [6.45, 7) is 1.34. The highest BCUT2D eigenvalue weighted by molar-refractivity contribution is 5.85. The quantitative estimate of drug-likeness (QED) is 0.631. The number of nitrogens with zero attached hydrogens (tertiary/aromatic N) is 1. The van der Waals surface area contributed by atoms with Crippen molar-refractivity contribution >= 4 is 24.8 Å². The number of benzene rings is 1. The van der Waals surface area contributed by atoms with E-state index in [0.717, 1.165) is 13.1 Å². The molecule has 2 aliphatic rings. The minimum absolute atomic E-state index is 0. The lowest BCUT2D eigenvalue weighted by atomic mass is 9.95. The van der Waals surface area contributed by atoms with Crippen LogP contribution in [0.5, 0.6) is 0 Å². The summed E-state index contributed by atoms with van der Waals surface area (Å²) < 4.78 is 5.98. The number of rotatable bonds is 7. The van der Waals surface area contributed by atoms with Crippen molar-refractivity contribution in [3.63, 3.8) is 0 Å². The molecular formula is C20H34Cl2N2O3. The predicted octanol–water partition coefficient (Wildman–Crippen LogP) is 2.37. The molecular weight excluding hydrogens is 387 g/mol. The maximum atomic E-state index is 10.7. The highest BCUT2D eigenvalue weighted by atomic mass is 35.5. The first-order valence-corrected chi connectivity index (χ1v) is 9.61. The Bertz CT molecular complexity index is 517. The number of ether oxygens (including phenoxy) is 1. The molecule has 0 amide bonds. The van der Waals surface area contributed by atoms with Crippen LogP contribution in [0.4, 0.5) is 0 Å². The SMILES string of the molecule is CN(Cc1ccccc1)[C@H]1[C@H](O)[C@H](CO)O[C@@H]1CNC1CCCCC1.Cl.Cl. The monoisotopic (exact) mass is 420 g/mol. The van der Waals surface area contributed by atoms with E-state index in [0.29, 0.717) is 6.04 Å². The third-order valence-corrected chi connectivity index (χ3v) is 5.64. The van der Waals surface area contributed by atoms with Crippen molar-refractivity contribution in [1.82, 2.24) is 10.2 Å². The Labute approximate surface area is 175 Å². The lowest BCUT2D eigenvalue weighted by Gasteiger charge is -2.32. The fraction of sp³-hybridized carbons (Fsp3) is 0.700. The highest BCUT2D eigenvalue weighted by Crippen LogP contribution is 2.27. The molecule has 156 valence electrons. The summed E-state index contributed by atoms with van der Waals surface area (Å²) in [5.74, 6) is 0. The summed E-state index contributed by atoms with van der Waals surface area (Å²) in [7, 11) is 2.03. The summed E-state index contributed by atoms with van der Waals surface area (Å²) in [6, 6.07) is 10.7. The Balaban J connectivity index is 0.00000182. The Hall–Kier alpha value is -0.400. The maximum Gasteiger partial charge on any atom is 0.109 e. The summed E-state index contributed by atoms with van der Waals surface area (Å²) in [6.07, 6.45) is 5.10. The molecule has 4 atom stereocenters. The van der Waals surface area contributed by atoms with Gasteiger partial charge in [-0.3, -0.25) is 4.90 Å². The molecule has 1 aliphatic carbocycles. The molecule has 1 heterocycles. The smallest absolute Gasteiger partial charge is 0.109 e. The zero-order chi connectivity index (χ0) is 17.6. The number of hydrogen-bond donors (Lipinski definition) is 3. The van der Waals surface area contributed by atoms with Gasteiger partial charge < -0.3 is 20.3 Å². The Morgan fingerprint density at radius 2 is 1.74 bits per heavy atom. The first-order chi connectivity index (χ1) is 12.2. The molecule has 0 radical (unpaired) electrons. The fourth-order valence-corrected chi connectivity index (χ4v) is 4.26. The molecule has 2 fully saturated rings. The van der Waals surface area contributed by atoms with Gasteiger partial charge in [0, 0.05) is 19.1 Å². The third kappa shape index (κ3) is 6.57. The van der Waals surface area contributed by atoms with Gasteiger partial charge in [0.1, 0.15) is 12.2 Å². The minimum Gasteiger partial charge on any atom is -0.394 e. The van der Waals surface area contributed by atoms with Crippen molar-refractivity contribution in [2.45, 2.75) is 69.0 Å². The van der Waals surface area contributed by atoms with E-state index in [-0.39, 0.29) is 43.6 Å². The molecule has 1 saturated heterocycles. The number of nitrogens with one attached hydrogen (secondary N) is 1. The summed E-state index contributed by atoms with van der Waals surface area (Å²) >= 11 is 0. The average molecular weight is 421 g/mol. The first kappa shape index (κ1) is 24.6. The molecule has 0 unspecified atom stereocenters. The van der Waals surface area contributed by atoms with Gasteiger partial charge in [-0.25, -0.2) is 0 Å². The standard InChI is InChI=1S/C20H32N2O3.2ClH/c1-22(13-15-8-4-2-5-9-15)19-17(25-18(14-23)20(19)24)12-21-16-10-6-3-7-11-16;;/h2,4-5,8-9,16-21,23-24H,3,6-7,10-14H2,1H3;2*1H/t17-,18+,19-,20-;;/m1../s1. The topological polar surface area (TPSA) is 65.0 Å². The van der Waals surface area contributed by atoms with Crippen molar-refractivity contribution in [1.29, 1.82) is 0 Å². The highest BCUT2D eigenvalue weighted by Gasteiger charge is 2.45. The molecule has 5 nitrogen and oxygen atoms in total. The van der Waals surface area contributed by atoms with Gasteiger partial charge in [0.15, 0.2) is 0 Å². The van der Waals surface area contributed by atoms with Crippen molar-refractivity contribution < 1.29 is 14.9 Å². The number of aliphatic hydroxyl groups is 2. The van der Waals surface area contributed by atoms with Crippen molar-refractivity contribution in [2.75, 3.05) is 20.2 Å². The van der Waals surface area contributed by atoms with Gasteiger partial charge in [-0.1, -0.05) is 49.6 Å².